The van der Waals surface area contributed by atoms with Crippen molar-refractivity contribution in [3.8, 4) is 6.07 Å². The Hall–Kier alpha value is -2.27. The quantitative estimate of drug-likeness (QED) is 0.789. The number of hydrogen-bond donors (Lipinski definition) is 2. The van der Waals surface area contributed by atoms with Gasteiger partial charge in [-0.05, 0) is 30.2 Å². The summed E-state index contributed by atoms with van der Waals surface area (Å²) in [5.74, 6) is 0. The van der Waals surface area contributed by atoms with Gasteiger partial charge in [0, 0.05) is 25.8 Å². The molecule has 0 aliphatic rings. The van der Waals surface area contributed by atoms with Crippen LogP contribution in [-0.2, 0) is 6.42 Å². The molecule has 2 N–H and O–H groups in total. The van der Waals surface area contributed by atoms with Gasteiger partial charge in [-0.1, -0.05) is 6.92 Å². The Morgan fingerprint density at radius 2 is 2.09 bits per heavy atom. The number of alkyl halides is 3. The Balaban J connectivity index is 2.54. The number of benzene rings is 1. The molecule has 1 rings (SSSR count). The highest BCUT2D eigenvalue weighted by molar-refractivity contribution is 5.90. The largest absolute Gasteiger partial charge is 0.401 e. The van der Waals surface area contributed by atoms with Crippen LogP contribution in [0.5, 0.6) is 0 Å². The van der Waals surface area contributed by atoms with Crippen LogP contribution in [0.2, 0.25) is 0 Å². The summed E-state index contributed by atoms with van der Waals surface area (Å²) in [6, 6.07) is 6.55. The Kier molecular flexibility index (Phi) is 6.85. The number of nitriles is 1. The molecular formula is C15H19F3N4O. The van der Waals surface area contributed by atoms with Gasteiger partial charge < -0.3 is 15.5 Å². The van der Waals surface area contributed by atoms with E-state index < -0.39 is 18.8 Å². The smallest absolute Gasteiger partial charge is 0.326 e. The van der Waals surface area contributed by atoms with Gasteiger partial charge in [0.05, 0.1) is 18.2 Å². The van der Waals surface area contributed by atoms with E-state index in [1.807, 2.05) is 13.0 Å². The maximum Gasteiger partial charge on any atom is 0.401 e. The highest BCUT2D eigenvalue weighted by Crippen LogP contribution is 2.18. The third-order valence-electron chi connectivity index (χ3n) is 3.15. The second-order valence-electron chi connectivity index (χ2n) is 4.98. The van der Waals surface area contributed by atoms with E-state index in [-0.39, 0.29) is 13.1 Å². The zero-order chi connectivity index (χ0) is 17.5. The number of nitrogens with zero attached hydrogens (tertiary/aromatic N) is 2. The lowest BCUT2D eigenvalue weighted by Crippen LogP contribution is -2.39. The van der Waals surface area contributed by atoms with Crippen LogP contribution < -0.4 is 10.6 Å². The van der Waals surface area contributed by atoms with Crippen LogP contribution >= 0.6 is 0 Å². The zero-order valence-corrected chi connectivity index (χ0v) is 13.0. The molecule has 0 aliphatic heterocycles. The lowest BCUT2D eigenvalue weighted by atomic mass is 10.1. The third-order valence-corrected chi connectivity index (χ3v) is 3.15. The van der Waals surface area contributed by atoms with E-state index in [0.717, 1.165) is 5.56 Å². The van der Waals surface area contributed by atoms with Crippen LogP contribution in [0.1, 0.15) is 18.1 Å². The van der Waals surface area contributed by atoms with Gasteiger partial charge in [-0.25, -0.2) is 4.79 Å². The summed E-state index contributed by atoms with van der Waals surface area (Å²) in [5, 5.41) is 13.8. The number of halogens is 3. The predicted molar refractivity (Wildman–Crippen MR) is 81.1 cm³/mol. The standard InChI is InChI=1S/C15H19F3N4O/c1-3-12-8-11(9-19)4-5-13(12)21-14(23)22(2)7-6-20-10-15(16,17)18/h4-5,8,20H,3,6-7,10H2,1-2H3,(H,21,23). The number of amides is 2. The maximum absolute atomic E-state index is 12.0. The molecule has 1 aromatic rings. The molecule has 1 aromatic carbocycles. The first-order valence-corrected chi connectivity index (χ1v) is 7.09. The van der Waals surface area contributed by atoms with E-state index in [1.165, 1.54) is 11.9 Å². The van der Waals surface area contributed by atoms with Crippen LogP contribution in [0.4, 0.5) is 23.7 Å². The minimum absolute atomic E-state index is 0.0391. The van der Waals surface area contributed by atoms with Gasteiger partial charge in [0.15, 0.2) is 0 Å². The van der Waals surface area contributed by atoms with Crippen molar-refractivity contribution in [2.24, 2.45) is 0 Å². The van der Waals surface area contributed by atoms with Gasteiger partial charge in [-0.2, -0.15) is 18.4 Å². The second kappa shape index (κ2) is 8.39. The van der Waals surface area contributed by atoms with E-state index >= 15 is 0 Å². The number of nitrogens with one attached hydrogen (secondary N) is 2. The molecule has 0 saturated heterocycles. The van der Waals surface area contributed by atoms with Crippen molar-refractivity contribution in [1.29, 1.82) is 5.26 Å². The minimum Gasteiger partial charge on any atom is -0.326 e. The Bertz CT molecular complexity index is 581. The Morgan fingerprint density at radius 3 is 2.65 bits per heavy atom. The molecule has 5 nitrogen and oxygen atoms in total. The number of rotatable bonds is 6. The summed E-state index contributed by atoms with van der Waals surface area (Å²) in [7, 11) is 1.50. The maximum atomic E-state index is 12.0. The van der Waals surface area contributed by atoms with E-state index in [9.17, 15) is 18.0 Å². The van der Waals surface area contributed by atoms with Crippen molar-refractivity contribution in [2.75, 3.05) is 32.0 Å². The van der Waals surface area contributed by atoms with Crippen LogP contribution in [0.15, 0.2) is 18.2 Å². The van der Waals surface area contributed by atoms with Crippen molar-refractivity contribution in [3.05, 3.63) is 29.3 Å². The average molecular weight is 328 g/mol. The molecule has 0 bridgehead atoms. The fourth-order valence-corrected chi connectivity index (χ4v) is 1.87. The normalized spacial score (nSPS) is 11.0. The molecule has 0 saturated carbocycles. The first-order valence-electron chi connectivity index (χ1n) is 7.09. The van der Waals surface area contributed by atoms with Gasteiger partial charge in [0.25, 0.3) is 0 Å². The third kappa shape index (κ3) is 6.57. The van der Waals surface area contributed by atoms with E-state index in [0.29, 0.717) is 17.7 Å². The van der Waals surface area contributed by atoms with Gasteiger partial charge in [-0.15, -0.1) is 0 Å². The van der Waals surface area contributed by atoms with Gasteiger partial charge in [0.1, 0.15) is 0 Å². The van der Waals surface area contributed by atoms with Crippen molar-refractivity contribution >= 4 is 11.7 Å². The highest BCUT2D eigenvalue weighted by Gasteiger charge is 2.26. The molecule has 0 unspecified atom stereocenters. The Labute approximate surface area is 133 Å². The van der Waals surface area contributed by atoms with Crippen LogP contribution in [-0.4, -0.2) is 43.8 Å². The fourth-order valence-electron chi connectivity index (χ4n) is 1.87. The van der Waals surface area contributed by atoms with E-state index in [1.54, 1.807) is 18.2 Å². The number of carbonyl (C=O) groups is 1. The van der Waals surface area contributed by atoms with E-state index in [4.69, 9.17) is 5.26 Å². The lowest BCUT2D eigenvalue weighted by molar-refractivity contribution is -0.124. The number of urea groups is 1. The predicted octanol–water partition coefficient (Wildman–Crippen LogP) is 2.74. The molecule has 0 fully saturated rings. The summed E-state index contributed by atoms with van der Waals surface area (Å²) >= 11 is 0. The fraction of sp³-hybridized carbons (Fsp3) is 0.467. The summed E-state index contributed by atoms with van der Waals surface area (Å²) in [6.07, 6.45) is -3.62. The van der Waals surface area contributed by atoms with Gasteiger partial charge in [-0.3, -0.25) is 0 Å². The number of anilines is 1. The first-order chi connectivity index (χ1) is 10.8. The SMILES string of the molecule is CCc1cc(C#N)ccc1NC(=O)N(C)CCNCC(F)(F)F. The highest BCUT2D eigenvalue weighted by atomic mass is 19.4. The summed E-state index contributed by atoms with van der Waals surface area (Å²) < 4.78 is 36.0. The number of hydrogen-bond acceptors (Lipinski definition) is 3. The molecular weight excluding hydrogens is 309 g/mol. The molecule has 0 atom stereocenters. The van der Waals surface area contributed by atoms with Crippen LogP contribution in [0, 0.1) is 11.3 Å². The number of carbonyl (C=O) groups excluding carboxylic acids is 1. The molecule has 0 radical (unpaired) electrons. The molecule has 0 aromatic heterocycles. The van der Waals surface area contributed by atoms with Crippen molar-refractivity contribution in [2.45, 2.75) is 19.5 Å². The second-order valence-corrected chi connectivity index (χ2v) is 4.98. The molecule has 126 valence electrons. The molecule has 2 amide bonds. The van der Waals surface area contributed by atoms with Crippen molar-refractivity contribution < 1.29 is 18.0 Å². The number of likely N-dealkylation sites (N-methyl/N-ethyl adjacent to an activating group) is 1. The molecule has 0 heterocycles. The zero-order valence-electron chi connectivity index (χ0n) is 13.0. The topological polar surface area (TPSA) is 68.2 Å². The van der Waals surface area contributed by atoms with Crippen LogP contribution in [0.25, 0.3) is 0 Å². The van der Waals surface area contributed by atoms with Gasteiger partial charge >= 0.3 is 12.2 Å². The average Bonchev–Trinajstić information content (AvgIpc) is 2.50. The Morgan fingerprint density at radius 1 is 1.39 bits per heavy atom. The van der Waals surface area contributed by atoms with Gasteiger partial charge in [0.2, 0.25) is 0 Å². The molecule has 0 spiro atoms. The molecule has 8 heteroatoms. The first kappa shape index (κ1) is 18.8. The van der Waals surface area contributed by atoms with E-state index in [2.05, 4.69) is 10.6 Å². The monoisotopic (exact) mass is 328 g/mol. The lowest BCUT2D eigenvalue weighted by Gasteiger charge is -2.19. The van der Waals surface area contributed by atoms with Crippen molar-refractivity contribution in [1.82, 2.24) is 10.2 Å². The minimum atomic E-state index is -4.26. The van der Waals surface area contributed by atoms with Crippen LogP contribution in [0.3, 0.4) is 0 Å². The molecule has 0 aliphatic carbocycles. The molecule has 23 heavy (non-hydrogen) atoms. The van der Waals surface area contributed by atoms with Crippen molar-refractivity contribution in [3.63, 3.8) is 0 Å². The summed E-state index contributed by atoms with van der Waals surface area (Å²) in [6.45, 7) is 0.992. The summed E-state index contributed by atoms with van der Waals surface area (Å²) in [4.78, 5) is 13.3. The summed E-state index contributed by atoms with van der Waals surface area (Å²) in [5.41, 5.74) is 1.91. The number of aryl methyl sites for hydroxylation is 1.